The minimum Gasteiger partial charge on any atom is -0.822 e. The van der Waals surface area contributed by atoms with Crippen LogP contribution in [0.2, 0.25) is 0 Å². The maximum absolute atomic E-state index is 8.55. The summed E-state index contributed by atoms with van der Waals surface area (Å²) in [5.74, 6) is 0. The van der Waals surface area contributed by atoms with Gasteiger partial charge in [-0.2, -0.15) is 7.82 Å². The van der Waals surface area contributed by atoms with E-state index in [1.807, 2.05) is 0 Å². The van der Waals surface area contributed by atoms with Gasteiger partial charge in [0.15, 0.2) is 0 Å². The van der Waals surface area contributed by atoms with E-state index in [1.54, 1.807) is 0 Å². The first-order valence-corrected chi connectivity index (χ1v) is 2.19. The molecule has 0 saturated carbocycles. The Hall–Kier alpha value is 1.98. The van der Waals surface area contributed by atoms with Gasteiger partial charge in [-0.15, -0.1) is 0 Å². The number of hydrogen-bond donors (Lipinski definition) is 0. The molecule has 0 rings (SSSR count). The topological polar surface area (TPSA) is 86.2 Å². The fourth-order valence-corrected chi connectivity index (χ4v) is 0. The quantitative estimate of drug-likeness (QED) is 0.356. The second kappa shape index (κ2) is 6.11. The summed E-state index contributed by atoms with van der Waals surface area (Å²) < 4.78 is 8.55. The predicted octanol–water partition coefficient (Wildman–Crippen LogP) is -2.83. The Morgan fingerprint density at radius 3 is 1.14 bits per heavy atom. The summed E-state index contributed by atoms with van der Waals surface area (Å²) in [6.45, 7) is 0. The molecule has 0 aromatic heterocycles. The van der Waals surface area contributed by atoms with Crippen molar-refractivity contribution in [3.05, 3.63) is 0 Å². The summed E-state index contributed by atoms with van der Waals surface area (Å²) in [5.41, 5.74) is 0. The van der Waals surface area contributed by atoms with Crippen LogP contribution in [0.25, 0.3) is 0 Å². The number of rotatable bonds is 0. The van der Waals surface area contributed by atoms with E-state index in [1.165, 1.54) is 0 Å². The van der Waals surface area contributed by atoms with Crippen molar-refractivity contribution in [1.82, 2.24) is 0 Å². The van der Waals surface area contributed by atoms with Crippen LogP contribution in [0.5, 0.6) is 0 Å². The molecule has 0 heterocycles. The Balaban J connectivity index is -0.0000000800. The molecule has 0 aliphatic heterocycles. The maximum atomic E-state index is 8.55. The molecule has 0 unspecified atom stereocenters. The van der Waals surface area contributed by atoms with Crippen LogP contribution in [0, 0.1) is 41.7 Å². The van der Waals surface area contributed by atoms with Crippen molar-refractivity contribution in [2.24, 2.45) is 0 Å². The second-order valence-corrected chi connectivity index (χ2v) is 1.34. The summed E-state index contributed by atoms with van der Waals surface area (Å²) in [5, 5.41) is 0. The van der Waals surface area contributed by atoms with E-state index in [0.717, 1.165) is 0 Å². The molecule has 0 aliphatic carbocycles. The van der Waals surface area contributed by atoms with Gasteiger partial charge in [0.25, 0.3) is 0 Å². The summed E-state index contributed by atoms with van der Waals surface area (Å²) >= 11 is 0. The first kappa shape index (κ1) is 16.0. The fourth-order valence-electron chi connectivity index (χ4n) is 0. The zero-order valence-electron chi connectivity index (χ0n) is 2.90. The van der Waals surface area contributed by atoms with Crippen molar-refractivity contribution < 1.29 is 77.5 Å². The molecule has 4 nitrogen and oxygen atoms in total. The molecule has 1 radical (unpaired) electrons. The largest absolute Gasteiger partial charge is 3.00 e. The van der Waals surface area contributed by atoms with Crippen molar-refractivity contribution >= 4 is 7.82 Å². The Kier molecular flexibility index (Phi) is 13.9. The van der Waals surface area contributed by atoms with Crippen LogP contribution in [0.4, 0.5) is 0 Å². The fraction of sp³-hybridized carbons (Fsp3) is 0. The standard InChI is InChI=1S/Ce.Ni.H3O4P/c;;1-5(2,3)4/h;;(H3,1,2,3,4)/q+3;+2;/p-3. The minimum atomic E-state index is -5.39. The SMILES string of the molecule is O=P([O-])([O-])[O-].[Ce+3].[Ni+2]. The Labute approximate surface area is 84.2 Å². The van der Waals surface area contributed by atoms with Gasteiger partial charge in [0.1, 0.15) is 0 Å². The van der Waals surface area contributed by atoms with Gasteiger partial charge in [0.2, 0.25) is 0 Å². The average molecular weight is 294 g/mol. The third kappa shape index (κ3) is 72.8. The molecule has 0 bridgehead atoms. The normalized spacial score (nSPS) is 8.43. The van der Waals surface area contributed by atoms with Gasteiger partial charge in [-0.1, -0.05) is 0 Å². The van der Waals surface area contributed by atoms with Crippen LogP contribution in [-0.4, -0.2) is 0 Å². The molecule has 0 amide bonds. The molecular formula is CeNiO4P+2. The van der Waals surface area contributed by atoms with Crippen LogP contribution in [0.1, 0.15) is 0 Å². The summed E-state index contributed by atoms with van der Waals surface area (Å²) in [4.78, 5) is 25.6. The summed E-state index contributed by atoms with van der Waals surface area (Å²) in [6, 6.07) is 0. The third-order valence-electron chi connectivity index (χ3n) is 0. The number of phosphoric acid groups is 1. The van der Waals surface area contributed by atoms with Crippen LogP contribution >= 0.6 is 7.82 Å². The first-order valence-electron chi connectivity index (χ1n) is 0.730. The predicted molar refractivity (Wildman–Crippen MR) is 7.61 cm³/mol. The van der Waals surface area contributed by atoms with E-state index in [4.69, 9.17) is 19.2 Å². The molecule has 7 heavy (non-hydrogen) atoms. The average Bonchev–Trinajstić information content (AvgIpc) is 0.722. The Morgan fingerprint density at radius 1 is 1.14 bits per heavy atom. The van der Waals surface area contributed by atoms with Crippen molar-refractivity contribution in [3.8, 4) is 0 Å². The van der Waals surface area contributed by atoms with Gasteiger partial charge in [0.05, 0.1) is 0 Å². The molecule has 0 atom stereocenters. The molecule has 0 aromatic rings. The van der Waals surface area contributed by atoms with E-state index in [0.29, 0.717) is 0 Å². The van der Waals surface area contributed by atoms with E-state index >= 15 is 0 Å². The van der Waals surface area contributed by atoms with Crippen LogP contribution in [0.3, 0.4) is 0 Å². The van der Waals surface area contributed by atoms with Crippen LogP contribution in [-0.2, 0) is 21.1 Å². The van der Waals surface area contributed by atoms with Gasteiger partial charge in [-0.3, -0.25) is 0 Å². The Bertz CT molecular complexity index is 57.8. The van der Waals surface area contributed by atoms with E-state index < -0.39 is 7.82 Å². The van der Waals surface area contributed by atoms with Crippen LogP contribution < -0.4 is 14.7 Å². The monoisotopic (exact) mass is 293 g/mol. The Morgan fingerprint density at radius 2 is 1.14 bits per heavy atom. The van der Waals surface area contributed by atoms with Crippen molar-refractivity contribution in [1.29, 1.82) is 0 Å². The second-order valence-electron chi connectivity index (χ2n) is 0.447. The third-order valence-corrected chi connectivity index (χ3v) is 0. The summed E-state index contributed by atoms with van der Waals surface area (Å²) in [7, 11) is -5.39. The maximum Gasteiger partial charge on any atom is 3.00 e. The molecule has 7 heteroatoms. The first-order chi connectivity index (χ1) is 2.00. The van der Waals surface area contributed by atoms with E-state index in [2.05, 4.69) is 0 Å². The van der Waals surface area contributed by atoms with Crippen molar-refractivity contribution in [2.45, 2.75) is 0 Å². The zero-order valence-corrected chi connectivity index (χ0v) is 7.92. The molecule has 0 aromatic carbocycles. The van der Waals surface area contributed by atoms with Gasteiger partial charge in [-0.05, 0) is 0 Å². The molecule has 0 aliphatic rings. The van der Waals surface area contributed by atoms with Gasteiger partial charge in [-0.25, -0.2) is 0 Å². The molecule has 0 saturated heterocycles. The van der Waals surface area contributed by atoms with Gasteiger partial charge >= 0.3 is 58.2 Å². The minimum absolute atomic E-state index is 0. The number of hydrogen-bond acceptors (Lipinski definition) is 4. The van der Waals surface area contributed by atoms with Gasteiger partial charge < -0.3 is 19.2 Å². The van der Waals surface area contributed by atoms with Crippen LogP contribution in [0.15, 0.2) is 0 Å². The summed E-state index contributed by atoms with van der Waals surface area (Å²) in [6.07, 6.45) is 0. The molecule has 0 fully saturated rings. The van der Waals surface area contributed by atoms with Crippen molar-refractivity contribution in [3.63, 3.8) is 0 Å². The van der Waals surface area contributed by atoms with Gasteiger partial charge in [0, 0.05) is 0 Å². The molecule has 0 spiro atoms. The van der Waals surface area contributed by atoms with E-state index in [-0.39, 0.29) is 58.2 Å². The van der Waals surface area contributed by atoms with E-state index in [9.17, 15) is 0 Å². The molecule has 41 valence electrons. The smallest absolute Gasteiger partial charge is 0.822 e. The van der Waals surface area contributed by atoms with Crippen molar-refractivity contribution in [2.75, 3.05) is 0 Å². The molecule has 0 N–H and O–H groups in total. The molecular weight excluding hydrogens is 294 g/mol. The zero-order chi connectivity index (χ0) is 4.50.